The maximum Gasteiger partial charge on any atom is 0.141 e. The van der Waals surface area contributed by atoms with E-state index in [-0.39, 0.29) is 11.2 Å². The number of rotatable bonds is 4. The van der Waals surface area contributed by atoms with Gasteiger partial charge in [-0.3, -0.25) is 0 Å². The van der Waals surface area contributed by atoms with Crippen LogP contribution in [0.4, 0.5) is 10.2 Å². The second kappa shape index (κ2) is 6.43. The summed E-state index contributed by atoms with van der Waals surface area (Å²) >= 11 is 1.53. The summed E-state index contributed by atoms with van der Waals surface area (Å²) in [6.07, 6.45) is 0. The van der Waals surface area contributed by atoms with Crippen LogP contribution in [0.25, 0.3) is 0 Å². The highest BCUT2D eigenvalue weighted by molar-refractivity contribution is 7.98. The molecule has 1 heterocycles. The standard InChI is InChI=1S/C16H20FN3S/c1-16(2,3)13-9-14(18-4)20-15(19-13)10-21-12-7-5-6-11(17)8-12/h5-9H,10H2,1-4H3,(H,18,19,20). The molecule has 1 N–H and O–H groups in total. The molecular formula is C16H20FN3S. The molecule has 0 atom stereocenters. The van der Waals surface area contributed by atoms with Crippen LogP contribution in [0.5, 0.6) is 0 Å². The lowest BCUT2D eigenvalue weighted by atomic mass is 9.92. The van der Waals surface area contributed by atoms with Gasteiger partial charge >= 0.3 is 0 Å². The largest absolute Gasteiger partial charge is 0.373 e. The molecule has 0 fully saturated rings. The first-order valence-electron chi connectivity index (χ1n) is 6.83. The molecule has 0 radical (unpaired) electrons. The average Bonchev–Trinajstić information content (AvgIpc) is 2.44. The van der Waals surface area contributed by atoms with E-state index in [0.29, 0.717) is 5.75 Å². The molecular weight excluding hydrogens is 285 g/mol. The first-order chi connectivity index (χ1) is 9.88. The molecule has 21 heavy (non-hydrogen) atoms. The molecule has 3 nitrogen and oxygen atoms in total. The SMILES string of the molecule is CNc1cc(C(C)(C)C)nc(CSc2cccc(F)c2)n1. The molecule has 1 aromatic heterocycles. The van der Waals surface area contributed by atoms with Gasteiger partial charge in [-0.1, -0.05) is 26.8 Å². The van der Waals surface area contributed by atoms with E-state index < -0.39 is 0 Å². The summed E-state index contributed by atoms with van der Waals surface area (Å²) in [5, 5.41) is 3.07. The molecule has 0 spiro atoms. The van der Waals surface area contributed by atoms with E-state index in [0.717, 1.165) is 22.2 Å². The molecule has 0 aliphatic carbocycles. The Morgan fingerprint density at radius 3 is 2.57 bits per heavy atom. The Labute approximate surface area is 129 Å². The fraction of sp³-hybridized carbons (Fsp3) is 0.375. The number of nitrogens with zero attached hydrogens (tertiary/aromatic N) is 2. The molecule has 0 bridgehead atoms. The Balaban J connectivity index is 2.19. The van der Waals surface area contributed by atoms with Crippen molar-refractivity contribution in [3.8, 4) is 0 Å². The molecule has 5 heteroatoms. The Morgan fingerprint density at radius 1 is 1.19 bits per heavy atom. The monoisotopic (exact) mass is 305 g/mol. The summed E-state index contributed by atoms with van der Waals surface area (Å²) in [4.78, 5) is 9.97. The van der Waals surface area contributed by atoms with Crippen LogP contribution in [0, 0.1) is 5.82 Å². The third kappa shape index (κ3) is 4.43. The van der Waals surface area contributed by atoms with Gasteiger partial charge in [-0.05, 0) is 18.2 Å². The van der Waals surface area contributed by atoms with Crippen molar-refractivity contribution >= 4 is 17.6 Å². The second-order valence-electron chi connectivity index (χ2n) is 5.80. The van der Waals surface area contributed by atoms with Gasteiger partial charge in [-0.25, -0.2) is 14.4 Å². The van der Waals surface area contributed by atoms with E-state index in [1.54, 1.807) is 6.07 Å². The highest BCUT2D eigenvalue weighted by atomic mass is 32.2. The summed E-state index contributed by atoms with van der Waals surface area (Å²) < 4.78 is 13.2. The summed E-state index contributed by atoms with van der Waals surface area (Å²) in [6.45, 7) is 6.37. The van der Waals surface area contributed by atoms with Gasteiger partial charge in [-0.15, -0.1) is 11.8 Å². The van der Waals surface area contributed by atoms with E-state index in [9.17, 15) is 4.39 Å². The lowest BCUT2D eigenvalue weighted by Gasteiger charge is -2.19. The average molecular weight is 305 g/mol. The van der Waals surface area contributed by atoms with Gasteiger partial charge in [0.25, 0.3) is 0 Å². The minimum absolute atomic E-state index is 0.0349. The molecule has 0 unspecified atom stereocenters. The molecule has 0 saturated heterocycles. The zero-order valence-electron chi connectivity index (χ0n) is 12.8. The minimum atomic E-state index is -0.222. The van der Waals surface area contributed by atoms with E-state index in [1.165, 1.54) is 23.9 Å². The van der Waals surface area contributed by atoms with Crippen molar-refractivity contribution in [3.05, 3.63) is 47.7 Å². The third-order valence-corrected chi connectivity index (χ3v) is 3.95. The van der Waals surface area contributed by atoms with Crippen molar-refractivity contribution in [2.45, 2.75) is 36.8 Å². The first-order valence-corrected chi connectivity index (χ1v) is 7.81. The topological polar surface area (TPSA) is 37.8 Å². The summed E-state index contributed by atoms with van der Waals surface area (Å²) in [7, 11) is 1.85. The van der Waals surface area contributed by atoms with E-state index in [2.05, 4.69) is 36.1 Å². The Bertz CT molecular complexity index is 623. The molecule has 2 rings (SSSR count). The van der Waals surface area contributed by atoms with Gasteiger partial charge in [0, 0.05) is 23.4 Å². The van der Waals surface area contributed by atoms with Crippen molar-refractivity contribution in [2.75, 3.05) is 12.4 Å². The molecule has 0 amide bonds. The fourth-order valence-corrected chi connectivity index (χ4v) is 2.57. The van der Waals surface area contributed by atoms with Gasteiger partial charge in [0.2, 0.25) is 0 Å². The quantitative estimate of drug-likeness (QED) is 0.857. The Morgan fingerprint density at radius 2 is 1.95 bits per heavy atom. The highest BCUT2D eigenvalue weighted by Gasteiger charge is 2.17. The molecule has 2 aromatic rings. The van der Waals surface area contributed by atoms with Crippen LogP contribution < -0.4 is 5.32 Å². The lowest BCUT2D eigenvalue weighted by molar-refractivity contribution is 0.564. The predicted octanol–water partition coefficient (Wildman–Crippen LogP) is 4.25. The number of hydrogen-bond donors (Lipinski definition) is 1. The van der Waals surface area contributed by atoms with Crippen LogP contribution in [0.2, 0.25) is 0 Å². The van der Waals surface area contributed by atoms with Gasteiger partial charge in [0.1, 0.15) is 17.5 Å². The van der Waals surface area contributed by atoms with Crippen LogP contribution in [0.1, 0.15) is 32.3 Å². The zero-order valence-corrected chi connectivity index (χ0v) is 13.6. The van der Waals surface area contributed by atoms with Crippen molar-refractivity contribution < 1.29 is 4.39 Å². The number of anilines is 1. The number of nitrogens with one attached hydrogen (secondary N) is 1. The van der Waals surface area contributed by atoms with Gasteiger partial charge in [0.05, 0.1) is 11.4 Å². The van der Waals surface area contributed by atoms with Gasteiger partial charge < -0.3 is 5.32 Å². The summed E-state index contributed by atoms with van der Waals surface area (Å²) in [6, 6.07) is 8.54. The van der Waals surface area contributed by atoms with Crippen LogP contribution >= 0.6 is 11.8 Å². The Kier molecular flexibility index (Phi) is 4.83. The van der Waals surface area contributed by atoms with Crippen LogP contribution in [0.15, 0.2) is 35.2 Å². The molecule has 0 saturated carbocycles. The second-order valence-corrected chi connectivity index (χ2v) is 6.85. The lowest BCUT2D eigenvalue weighted by Crippen LogP contribution is -2.16. The smallest absolute Gasteiger partial charge is 0.141 e. The van der Waals surface area contributed by atoms with E-state index >= 15 is 0 Å². The van der Waals surface area contributed by atoms with E-state index in [4.69, 9.17) is 0 Å². The van der Waals surface area contributed by atoms with Gasteiger partial charge in [0.15, 0.2) is 0 Å². The Hall–Kier alpha value is -1.62. The number of thioether (sulfide) groups is 1. The number of hydrogen-bond acceptors (Lipinski definition) is 4. The first kappa shape index (κ1) is 15.8. The summed E-state index contributed by atoms with van der Waals surface area (Å²) in [5.74, 6) is 1.95. The zero-order chi connectivity index (χ0) is 15.5. The highest BCUT2D eigenvalue weighted by Crippen LogP contribution is 2.26. The van der Waals surface area contributed by atoms with Crippen LogP contribution in [0.3, 0.4) is 0 Å². The van der Waals surface area contributed by atoms with E-state index in [1.807, 2.05) is 19.2 Å². The molecule has 0 aliphatic rings. The number of halogens is 1. The fourth-order valence-electron chi connectivity index (χ4n) is 1.78. The molecule has 0 aliphatic heterocycles. The third-order valence-electron chi connectivity index (χ3n) is 2.96. The van der Waals surface area contributed by atoms with Crippen molar-refractivity contribution in [3.63, 3.8) is 0 Å². The van der Waals surface area contributed by atoms with Crippen LogP contribution in [-0.2, 0) is 11.2 Å². The maximum atomic E-state index is 13.2. The normalized spacial score (nSPS) is 11.5. The molecule has 1 aromatic carbocycles. The van der Waals surface area contributed by atoms with Crippen LogP contribution in [-0.4, -0.2) is 17.0 Å². The van der Waals surface area contributed by atoms with Gasteiger partial charge in [-0.2, -0.15) is 0 Å². The van der Waals surface area contributed by atoms with Crippen molar-refractivity contribution in [1.29, 1.82) is 0 Å². The summed E-state index contributed by atoms with van der Waals surface area (Å²) in [5.41, 5.74) is 0.962. The van der Waals surface area contributed by atoms with Crippen molar-refractivity contribution in [1.82, 2.24) is 9.97 Å². The maximum absolute atomic E-state index is 13.2. The number of aromatic nitrogens is 2. The number of benzene rings is 1. The predicted molar refractivity (Wildman–Crippen MR) is 86.2 cm³/mol. The van der Waals surface area contributed by atoms with Crippen molar-refractivity contribution in [2.24, 2.45) is 0 Å². The minimum Gasteiger partial charge on any atom is -0.373 e. The molecule has 112 valence electrons.